The number of aliphatic imine (C=N–C) groups is 1. The predicted octanol–water partition coefficient (Wildman–Crippen LogP) is 3.37. The van der Waals surface area contributed by atoms with Gasteiger partial charge in [-0.3, -0.25) is 9.79 Å². The fourth-order valence-electron chi connectivity index (χ4n) is 2.98. The zero-order chi connectivity index (χ0) is 18.2. The highest BCUT2D eigenvalue weighted by atomic mass is 127. The maximum absolute atomic E-state index is 13.7. The second-order valence-electron chi connectivity index (χ2n) is 6.11. The molecule has 0 bridgehead atoms. The Hall–Kier alpha value is -1.45. The Bertz CT molecular complexity index is 620. The summed E-state index contributed by atoms with van der Waals surface area (Å²) in [6.45, 7) is 2.35. The lowest BCUT2D eigenvalue weighted by Gasteiger charge is -2.29. The van der Waals surface area contributed by atoms with Crippen molar-refractivity contribution >= 4 is 35.9 Å². The third kappa shape index (κ3) is 6.69. The molecule has 0 spiro atoms. The van der Waals surface area contributed by atoms with Gasteiger partial charge in [0.1, 0.15) is 11.6 Å². The van der Waals surface area contributed by atoms with Crippen molar-refractivity contribution in [3.63, 3.8) is 0 Å². The molecule has 5 nitrogen and oxygen atoms in total. The minimum Gasteiger partial charge on any atom is -0.466 e. The molecule has 1 saturated carbocycles. The van der Waals surface area contributed by atoms with Crippen molar-refractivity contribution in [1.29, 1.82) is 0 Å². The molecule has 2 N–H and O–H groups in total. The topological polar surface area (TPSA) is 62.7 Å². The first-order chi connectivity index (χ1) is 12.0. The van der Waals surface area contributed by atoms with Gasteiger partial charge in [0, 0.05) is 25.2 Å². The van der Waals surface area contributed by atoms with Crippen LogP contribution in [0.4, 0.5) is 8.78 Å². The van der Waals surface area contributed by atoms with Crippen LogP contribution in [-0.4, -0.2) is 31.6 Å². The molecular formula is C18H26F2IN3O2. The summed E-state index contributed by atoms with van der Waals surface area (Å²) >= 11 is 0. The largest absolute Gasteiger partial charge is 0.466 e. The molecule has 1 aromatic carbocycles. The molecule has 0 aliphatic heterocycles. The van der Waals surface area contributed by atoms with E-state index in [9.17, 15) is 13.6 Å². The molecule has 0 amide bonds. The van der Waals surface area contributed by atoms with Gasteiger partial charge in [0.25, 0.3) is 0 Å². The third-order valence-corrected chi connectivity index (χ3v) is 4.37. The number of hydrogen-bond donors (Lipinski definition) is 2. The average Bonchev–Trinajstić information content (AvgIpc) is 2.62. The molecular weight excluding hydrogens is 455 g/mol. The van der Waals surface area contributed by atoms with Crippen molar-refractivity contribution in [3.05, 3.63) is 35.4 Å². The van der Waals surface area contributed by atoms with Crippen LogP contribution in [0.25, 0.3) is 0 Å². The third-order valence-electron chi connectivity index (χ3n) is 4.37. The van der Waals surface area contributed by atoms with Gasteiger partial charge in [-0.2, -0.15) is 0 Å². The van der Waals surface area contributed by atoms with Crippen molar-refractivity contribution in [1.82, 2.24) is 10.6 Å². The lowest BCUT2D eigenvalue weighted by atomic mass is 9.86. The van der Waals surface area contributed by atoms with Gasteiger partial charge >= 0.3 is 5.97 Å². The molecule has 0 saturated heterocycles. The van der Waals surface area contributed by atoms with Gasteiger partial charge in [0.05, 0.1) is 12.5 Å². The summed E-state index contributed by atoms with van der Waals surface area (Å²) in [7, 11) is 1.63. The number of rotatable bonds is 5. The number of halogens is 3. The summed E-state index contributed by atoms with van der Waals surface area (Å²) in [4.78, 5) is 15.9. The van der Waals surface area contributed by atoms with Gasteiger partial charge in [-0.05, 0) is 50.8 Å². The second-order valence-corrected chi connectivity index (χ2v) is 6.11. The Morgan fingerprint density at radius 2 is 1.96 bits per heavy atom. The van der Waals surface area contributed by atoms with Crippen LogP contribution in [0.15, 0.2) is 23.2 Å². The summed E-state index contributed by atoms with van der Waals surface area (Å²) in [5.41, 5.74) is 0.244. The molecule has 0 radical (unpaired) electrons. The van der Waals surface area contributed by atoms with Gasteiger partial charge in [0.15, 0.2) is 5.96 Å². The van der Waals surface area contributed by atoms with Crippen molar-refractivity contribution in [3.8, 4) is 0 Å². The molecule has 0 atom stereocenters. The molecule has 0 unspecified atom stereocenters. The van der Waals surface area contributed by atoms with E-state index in [1.807, 2.05) is 6.92 Å². The fraction of sp³-hybridized carbons (Fsp3) is 0.556. The first-order valence-corrected chi connectivity index (χ1v) is 8.61. The minimum absolute atomic E-state index is 0. The number of carbonyl (C=O) groups is 1. The van der Waals surface area contributed by atoms with E-state index in [2.05, 4.69) is 15.6 Å². The van der Waals surface area contributed by atoms with Crippen LogP contribution in [-0.2, 0) is 16.1 Å². The number of guanidine groups is 1. The van der Waals surface area contributed by atoms with E-state index in [-0.39, 0.29) is 54.0 Å². The molecule has 8 heteroatoms. The SMILES string of the molecule is CCOC(=O)C1CCC(NC(=NC)NCc2cc(F)ccc2F)CC1.I. The highest BCUT2D eigenvalue weighted by molar-refractivity contribution is 14.0. The monoisotopic (exact) mass is 481 g/mol. The normalized spacial score (nSPS) is 20.1. The molecule has 0 heterocycles. The zero-order valence-electron chi connectivity index (χ0n) is 15.1. The minimum atomic E-state index is -0.474. The molecule has 2 rings (SSSR count). The molecule has 26 heavy (non-hydrogen) atoms. The molecule has 1 aliphatic carbocycles. The van der Waals surface area contributed by atoms with Crippen LogP contribution in [0.2, 0.25) is 0 Å². The highest BCUT2D eigenvalue weighted by Gasteiger charge is 2.27. The Kier molecular flexibility index (Phi) is 9.82. The van der Waals surface area contributed by atoms with Gasteiger partial charge in [0.2, 0.25) is 0 Å². The Labute approximate surface area is 170 Å². The average molecular weight is 481 g/mol. The van der Waals surface area contributed by atoms with Crippen LogP contribution < -0.4 is 10.6 Å². The van der Waals surface area contributed by atoms with Gasteiger partial charge in [-0.25, -0.2) is 8.78 Å². The number of ether oxygens (including phenoxy) is 1. The Balaban J connectivity index is 0.00000338. The first-order valence-electron chi connectivity index (χ1n) is 8.61. The lowest BCUT2D eigenvalue weighted by molar-refractivity contribution is -0.149. The van der Waals surface area contributed by atoms with Gasteiger partial charge < -0.3 is 15.4 Å². The molecule has 1 fully saturated rings. The summed E-state index contributed by atoms with van der Waals surface area (Å²) in [6.07, 6.45) is 3.20. The summed E-state index contributed by atoms with van der Waals surface area (Å²) in [6, 6.07) is 3.56. The quantitative estimate of drug-likeness (QED) is 0.293. The maximum atomic E-state index is 13.7. The van der Waals surface area contributed by atoms with Gasteiger partial charge in [-0.1, -0.05) is 0 Å². The molecule has 1 aliphatic rings. The summed E-state index contributed by atoms with van der Waals surface area (Å²) < 4.78 is 31.9. The van der Waals surface area contributed by atoms with Crippen LogP contribution in [0.3, 0.4) is 0 Å². The van der Waals surface area contributed by atoms with Crippen LogP contribution in [0.1, 0.15) is 38.2 Å². The first kappa shape index (κ1) is 22.6. The smallest absolute Gasteiger partial charge is 0.308 e. The zero-order valence-corrected chi connectivity index (χ0v) is 17.4. The standard InChI is InChI=1S/C18H25F2N3O2.HI/c1-3-25-17(24)12-4-7-15(8-5-12)23-18(21-2)22-11-13-10-14(19)6-9-16(13)20;/h6,9-10,12,15H,3-5,7-8,11H2,1-2H3,(H2,21,22,23);1H. The van der Waals surface area contributed by atoms with E-state index in [1.165, 1.54) is 6.07 Å². The molecule has 146 valence electrons. The van der Waals surface area contributed by atoms with Crippen LogP contribution in [0.5, 0.6) is 0 Å². The van der Waals surface area contributed by atoms with E-state index in [1.54, 1.807) is 7.05 Å². The van der Waals surface area contributed by atoms with E-state index >= 15 is 0 Å². The van der Waals surface area contributed by atoms with Crippen LogP contribution in [0, 0.1) is 17.6 Å². The Morgan fingerprint density at radius 1 is 1.27 bits per heavy atom. The van der Waals surface area contributed by atoms with Gasteiger partial charge in [-0.15, -0.1) is 24.0 Å². The maximum Gasteiger partial charge on any atom is 0.308 e. The number of carbonyl (C=O) groups excluding carboxylic acids is 1. The van der Waals surface area contributed by atoms with Crippen LogP contribution >= 0.6 is 24.0 Å². The van der Waals surface area contributed by atoms with Crippen molar-refractivity contribution in [2.75, 3.05) is 13.7 Å². The van der Waals surface area contributed by atoms with Crippen molar-refractivity contribution in [2.45, 2.75) is 45.2 Å². The number of esters is 1. The summed E-state index contributed by atoms with van der Waals surface area (Å²) in [5, 5.41) is 6.27. The van der Waals surface area contributed by atoms with Crippen molar-refractivity contribution in [2.24, 2.45) is 10.9 Å². The second kappa shape index (κ2) is 11.3. The number of nitrogens with one attached hydrogen (secondary N) is 2. The molecule has 0 aromatic heterocycles. The summed E-state index contributed by atoms with van der Waals surface area (Å²) in [5.74, 6) is -0.555. The van der Waals surface area contributed by atoms with E-state index in [4.69, 9.17) is 4.74 Å². The number of benzene rings is 1. The fourth-order valence-corrected chi connectivity index (χ4v) is 2.98. The number of nitrogens with zero attached hydrogens (tertiary/aromatic N) is 1. The molecule has 1 aromatic rings. The van der Waals surface area contributed by atoms with E-state index in [0.717, 1.165) is 37.8 Å². The number of hydrogen-bond acceptors (Lipinski definition) is 3. The lowest BCUT2D eigenvalue weighted by Crippen LogP contribution is -2.45. The van der Waals surface area contributed by atoms with Crippen molar-refractivity contribution < 1.29 is 18.3 Å². The highest BCUT2D eigenvalue weighted by Crippen LogP contribution is 2.25. The predicted molar refractivity (Wildman–Crippen MR) is 107 cm³/mol. The Morgan fingerprint density at radius 3 is 2.58 bits per heavy atom. The van der Waals surface area contributed by atoms with E-state index in [0.29, 0.717) is 12.6 Å². The van der Waals surface area contributed by atoms with E-state index < -0.39 is 11.6 Å².